The minimum Gasteiger partial charge on any atom is -0.494 e. The van der Waals surface area contributed by atoms with Crippen LogP contribution in [0.2, 0.25) is 10.0 Å². The van der Waals surface area contributed by atoms with E-state index in [4.69, 9.17) is 32.7 Å². The quantitative estimate of drug-likeness (QED) is 0.244. The molecule has 0 bridgehead atoms. The molecule has 35 heavy (non-hydrogen) atoms. The zero-order valence-corrected chi connectivity index (χ0v) is 21.1. The van der Waals surface area contributed by atoms with Crippen LogP contribution < -0.4 is 14.8 Å². The zero-order valence-electron chi connectivity index (χ0n) is 18.8. The lowest BCUT2D eigenvalue weighted by Crippen LogP contribution is -2.15. The van der Waals surface area contributed by atoms with Crippen molar-refractivity contribution in [3.63, 3.8) is 0 Å². The summed E-state index contributed by atoms with van der Waals surface area (Å²) in [5.41, 5.74) is 1.35. The van der Waals surface area contributed by atoms with E-state index in [-0.39, 0.29) is 18.3 Å². The first-order valence-corrected chi connectivity index (χ1v) is 12.5. The summed E-state index contributed by atoms with van der Waals surface area (Å²) in [4.78, 5) is 12.6. The number of nitrogens with zero attached hydrogens (tertiary/aromatic N) is 3. The van der Waals surface area contributed by atoms with Crippen LogP contribution in [0.1, 0.15) is 12.7 Å². The van der Waals surface area contributed by atoms with Gasteiger partial charge in [0.2, 0.25) is 5.91 Å². The van der Waals surface area contributed by atoms with Gasteiger partial charge in [0.25, 0.3) is 0 Å². The number of amides is 1. The molecule has 0 atom stereocenters. The Morgan fingerprint density at radius 2 is 1.63 bits per heavy atom. The molecule has 7 nitrogen and oxygen atoms in total. The van der Waals surface area contributed by atoms with E-state index in [1.807, 2.05) is 66.1 Å². The second-order valence-corrected chi connectivity index (χ2v) is 9.07. The highest BCUT2D eigenvalue weighted by Gasteiger charge is 2.17. The Hall–Kier alpha value is -3.20. The monoisotopic (exact) mass is 528 g/mol. The fourth-order valence-electron chi connectivity index (χ4n) is 3.22. The van der Waals surface area contributed by atoms with E-state index in [1.54, 1.807) is 18.2 Å². The number of ether oxygens (including phenoxy) is 2. The lowest BCUT2D eigenvalue weighted by molar-refractivity contribution is -0.113. The van der Waals surface area contributed by atoms with E-state index in [2.05, 4.69) is 15.5 Å². The van der Waals surface area contributed by atoms with Crippen molar-refractivity contribution in [3.05, 3.63) is 88.7 Å². The predicted molar refractivity (Wildman–Crippen MR) is 139 cm³/mol. The number of nitrogens with one attached hydrogen (secondary N) is 1. The normalized spacial score (nSPS) is 10.7. The summed E-state index contributed by atoms with van der Waals surface area (Å²) in [6, 6.07) is 21.9. The van der Waals surface area contributed by atoms with E-state index in [9.17, 15) is 4.79 Å². The van der Waals surface area contributed by atoms with Crippen LogP contribution in [-0.4, -0.2) is 33.0 Å². The highest BCUT2D eigenvalue weighted by atomic mass is 35.5. The molecule has 0 aliphatic rings. The third kappa shape index (κ3) is 6.91. The van der Waals surface area contributed by atoms with Gasteiger partial charge in [-0.2, -0.15) is 0 Å². The SMILES string of the molecule is CCOc1ccc(-n2c(COc3ccccc3)nnc2SCC(=O)Nc2cc(Cl)cc(Cl)c2)cc1. The molecule has 0 saturated heterocycles. The number of aromatic nitrogens is 3. The molecule has 0 aliphatic heterocycles. The molecule has 3 aromatic carbocycles. The van der Waals surface area contributed by atoms with Gasteiger partial charge in [0.05, 0.1) is 12.4 Å². The number of hydrogen-bond donors (Lipinski definition) is 1. The van der Waals surface area contributed by atoms with E-state index in [0.717, 1.165) is 17.2 Å². The van der Waals surface area contributed by atoms with Gasteiger partial charge in [0.15, 0.2) is 11.0 Å². The smallest absolute Gasteiger partial charge is 0.234 e. The fraction of sp³-hybridized carbons (Fsp3) is 0.160. The van der Waals surface area contributed by atoms with Crippen molar-refractivity contribution in [1.82, 2.24) is 14.8 Å². The van der Waals surface area contributed by atoms with Crippen molar-refractivity contribution in [2.24, 2.45) is 0 Å². The zero-order chi connectivity index (χ0) is 24.6. The highest BCUT2D eigenvalue weighted by molar-refractivity contribution is 7.99. The number of anilines is 1. The lowest BCUT2D eigenvalue weighted by atomic mass is 10.3. The van der Waals surface area contributed by atoms with Gasteiger partial charge >= 0.3 is 0 Å². The molecule has 0 fully saturated rings. The second-order valence-electron chi connectivity index (χ2n) is 7.26. The molecule has 0 aliphatic carbocycles. The number of halogens is 2. The Morgan fingerprint density at radius 1 is 0.943 bits per heavy atom. The summed E-state index contributed by atoms with van der Waals surface area (Å²) < 4.78 is 13.3. The van der Waals surface area contributed by atoms with E-state index in [0.29, 0.717) is 33.3 Å². The first kappa shape index (κ1) is 24.9. The van der Waals surface area contributed by atoms with Crippen LogP contribution in [0, 0.1) is 0 Å². The third-order valence-corrected chi connectivity index (χ3v) is 6.06. The Balaban J connectivity index is 1.52. The molecule has 1 N–H and O–H groups in total. The average Bonchev–Trinajstić information content (AvgIpc) is 3.25. The first-order chi connectivity index (χ1) is 17.0. The van der Waals surface area contributed by atoms with Crippen LogP contribution in [0.15, 0.2) is 78.0 Å². The van der Waals surface area contributed by atoms with Crippen molar-refractivity contribution >= 4 is 46.6 Å². The average molecular weight is 529 g/mol. The topological polar surface area (TPSA) is 78.3 Å². The molecule has 1 amide bonds. The second kappa shape index (κ2) is 12.0. The minimum atomic E-state index is -0.225. The van der Waals surface area contributed by atoms with E-state index >= 15 is 0 Å². The van der Waals surface area contributed by atoms with Gasteiger partial charge in [-0.05, 0) is 61.5 Å². The van der Waals surface area contributed by atoms with Gasteiger partial charge in [-0.25, -0.2) is 0 Å². The molecule has 10 heteroatoms. The number of carbonyl (C=O) groups excluding carboxylic acids is 1. The van der Waals surface area contributed by atoms with Crippen molar-refractivity contribution in [2.45, 2.75) is 18.7 Å². The van der Waals surface area contributed by atoms with Crippen LogP contribution in [0.4, 0.5) is 5.69 Å². The fourth-order valence-corrected chi connectivity index (χ4v) is 4.52. The van der Waals surface area contributed by atoms with Gasteiger partial charge < -0.3 is 14.8 Å². The standard InChI is InChI=1S/C25H22Cl2N4O3S/c1-2-33-22-10-8-20(9-11-22)31-23(15-34-21-6-4-3-5-7-21)29-30-25(31)35-16-24(32)28-19-13-17(26)12-18(27)14-19/h3-14H,2,15-16H2,1H3,(H,28,32). The maximum atomic E-state index is 12.6. The molecule has 1 aromatic heterocycles. The summed E-state index contributed by atoms with van der Waals surface area (Å²) >= 11 is 13.3. The number of para-hydroxylation sites is 1. The maximum Gasteiger partial charge on any atom is 0.234 e. The molecule has 4 aromatic rings. The van der Waals surface area contributed by atoms with Crippen molar-refractivity contribution in [1.29, 1.82) is 0 Å². The van der Waals surface area contributed by atoms with Crippen LogP contribution in [0.3, 0.4) is 0 Å². The Morgan fingerprint density at radius 3 is 2.31 bits per heavy atom. The molecule has 0 unspecified atom stereocenters. The molecule has 0 saturated carbocycles. The Labute approximate surface area is 217 Å². The van der Waals surface area contributed by atoms with Crippen LogP contribution in [0.25, 0.3) is 5.69 Å². The van der Waals surface area contributed by atoms with Gasteiger partial charge in [0, 0.05) is 21.4 Å². The highest BCUT2D eigenvalue weighted by Crippen LogP contribution is 2.26. The maximum absolute atomic E-state index is 12.6. The molecular weight excluding hydrogens is 507 g/mol. The molecule has 180 valence electrons. The lowest BCUT2D eigenvalue weighted by Gasteiger charge is -2.12. The van der Waals surface area contributed by atoms with Crippen LogP contribution >= 0.6 is 35.0 Å². The summed E-state index contributed by atoms with van der Waals surface area (Å²) in [7, 11) is 0. The van der Waals surface area contributed by atoms with E-state index in [1.165, 1.54) is 11.8 Å². The minimum absolute atomic E-state index is 0.110. The van der Waals surface area contributed by atoms with Crippen LogP contribution in [-0.2, 0) is 11.4 Å². The van der Waals surface area contributed by atoms with E-state index < -0.39 is 0 Å². The number of benzene rings is 3. The third-order valence-electron chi connectivity index (χ3n) is 4.70. The van der Waals surface area contributed by atoms with Crippen molar-refractivity contribution in [2.75, 3.05) is 17.7 Å². The summed E-state index contributed by atoms with van der Waals surface area (Å²) in [6.45, 7) is 2.72. The van der Waals surface area contributed by atoms with Gasteiger partial charge in [-0.15, -0.1) is 10.2 Å². The molecule has 0 radical (unpaired) electrons. The van der Waals surface area contributed by atoms with Crippen molar-refractivity contribution in [3.8, 4) is 17.2 Å². The summed E-state index contributed by atoms with van der Waals surface area (Å²) in [5, 5.41) is 12.9. The molecule has 0 spiro atoms. The predicted octanol–water partition coefficient (Wildman–Crippen LogP) is 6.28. The Kier molecular flexibility index (Phi) is 8.52. The van der Waals surface area contributed by atoms with Crippen LogP contribution in [0.5, 0.6) is 11.5 Å². The number of hydrogen-bond acceptors (Lipinski definition) is 6. The summed E-state index contributed by atoms with van der Waals surface area (Å²) in [6.07, 6.45) is 0. The van der Waals surface area contributed by atoms with Gasteiger partial charge in [0.1, 0.15) is 18.1 Å². The Bertz CT molecular complexity index is 1260. The first-order valence-electron chi connectivity index (χ1n) is 10.8. The number of thioether (sulfide) groups is 1. The largest absolute Gasteiger partial charge is 0.494 e. The molecular formula is C25H22Cl2N4O3S. The van der Waals surface area contributed by atoms with Crippen molar-refractivity contribution < 1.29 is 14.3 Å². The van der Waals surface area contributed by atoms with Gasteiger partial charge in [-0.3, -0.25) is 9.36 Å². The summed E-state index contributed by atoms with van der Waals surface area (Å²) in [5.74, 6) is 1.97. The molecule has 4 rings (SSSR count). The number of rotatable bonds is 10. The van der Waals surface area contributed by atoms with Gasteiger partial charge in [-0.1, -0.05) is 53.2 Å². The molecule has 1 heterocycles. The number of carbonyl (C=O) groups is 1.